The van der Waals surface area contributed by atoms with Crippen LogP contribution in [-0.2, 0) is 6.42 Å². The Morgan fingerprint density at radius 1 is 1.18 bits per heavy atom. The summed E-state index contributed by atoms with van der Waals surface area (Å²) < 4.78 is 0. The van der Waals surface area contributed by atoms with Gasteiger partial charge in [-0.15, -0.1) is 0 Å². The molecule has 0 amide bonds. The summed E-state index contributed by atoms with van der Waals surface area (Å²) in [7, 11) is 3.78. The van der Waals surface area contributed by atoms with Crippen molar-refractivity contribution in [1.29, 1.82) is 0 Å². The number of benzene rings is 1. The van der Waals surface area contributed by atoms with E-state index >= 15 is 0 Å². The molecule has 3 atom stereocenters. The monoisotopic (exact) mass is 334 g/mol. The minimum Gasteiger partial charge on any atom is -0.328 e. The molecular formula is C18H26N2S2. The average molecular weight is 335 g/mol. The van der Waals surface area contributed by atoms with E-state index in [9.17, 15) is 0 Å². The molecular weight excluding hydrogens is 308 g/mol. The van der Waals surface area contributed by atoms with Crippen LogP contribution in [0.4, 0.5) is 0 Å². The predicted octanol–water partition coefficient (Wildman–Crippen LogP) is 4.31. The minimum absolute atomic E-state index is 0.208. The Balaban J connectivity index is 1.86. The molecule has 0 radical (unpaired) electrons. The Morgan fingerprint density at radius 2 is 1.95 bits per heavy atom. The second kappa shape index (κ2) is 8.82. The first-order valence-electron chi connectivity index (χ1n) is 7.82. The maximum absolute atomic E-state index is 5.90. The summed E-state index contributed by atoms with van der Waals surface area (Å²) in [6.07, 6.45) is 9.71. The summed E-state index contributed by atoms with van der Waals surface area (Å²) >= 11 is 0. The van der Waals surface area contributed by atoms with E-state index in [1.54, 1.807) is 0 Å². The fourth-order valence-corrected chi connectivity index (χ4v) is 4.97. The molecule has 1 aromatic carbocycles. The highest BCUT2D eigenvalue weighted by molar-refractivity contribution is 8.77. The first kappa shape index (κ1) is 17.7. The highest BCUT2D eigenvalue weighted by Crippen LogP contribution is 2.39. The summed E-state index contributed by atoms with van der Waals surface area (Å²) in [5.41, 5.74) is 14.6. The Kier molecular flexibility index (Phi) is 7.09. The van der Waals surface area contributed by atoms with Gasteiger partial charge in [0.25, 0.3) is 0 Å². The van der Waals surface area contributed by atoms with Crippen molar-refractivity contribution < 1.29 is 0 Å². The van der Waals surface area contributed by atoms with Gasteiger partial charge in [-0.25, -0.2) is 0 Å². The fourth-order valence-electron chi connectivity index (χ4n) is 2.55. The molecule has 1 aliphatic rings. The molecule has 3 unspecified atom stereocenters. The molecule has 0 spiro atoms. The molecule has 1 aromatic rings. The van der Waals surface area contributed by atoms with E-state index in [2.05, 4.69) is 49.4 Å². The van der Waals surface area contributed by atoms with Crippen LogP contribution in [0.15, 0.2) is 53.0 Å². The van der Waals surface area contributed by atoms with E-state index < -0.39 is 0 Å². The van der Waals surface area contributed by atoms with Crippen molar-refractivity contribution in [2.24, 2.45) is 11.5 Å². The van der Waals surface area contributed by atoms with Crippen molar-refractivity contribution in [3.63, 3.8) is 0 Å². The van der Waals surface area contributed by atoms with Crippen LogP contribution in [0.5, 0.6) is 0 Å². The summed E-state index contributed by atoms with van der Waals surface area (Å²) in [4.78, 5) is 1.31. The molecule has 0 heterocycles. The van der Waals surface area contributed by atoms with Crippen LogP contribution in [0.25, 0.3) is 0 Å². The topological polar surface area (TPSA) is 52.0 Å². The van der Waals surface area contributed by atoms with Gasteiger partial charge in [-0.05, 0) is 50.8 Å². The van der Waals surface area contributed by atoms with Gasteiger partial charge in [0.05, 0.1) is 0 Å². The quantitative estimate of drug-likeness (QED) is 0.730. The fraction of sp³-hybridized carbons (Fsp3) is 0.444. The maximum Gasteiger partial charge on any atom is 0.0374 e. The normalized spacial score (nSPS) is 20.5. The SMILES string of the molecule is CC(N)CC1=CC=CC(SSc2cccc(CC(C)N)c2)C1. The van der Waals surface area contributed by atoms with Gasteiger partial charge in [0.15, 0.2) is 0 Å². The smallest absolute Gasteiger partial charge is 0.0374 e. The average Bonchev–Trinajstić information content (AvgIpc) is 2.44. The van der Waals surface area contributed by atoms with Crippen LogP contribution in [0.3, 0.4) is 0 Å². The van der Waals surface area contributed by atoms with Crippen LogP contribution < -0.4 is 11.5 Å². The number of allylic oxidation sites excluding steroid dienone is 2. The highest BCUT2D eigenvalue weighted by atomic mass is 33.1. The molecule has 0 aromatic heterocycles. The van der Waals surface area contributed by atoms with Crippen molar-refractivity contribution >= 4 is 21.6 Å². The summed E-state index contributed by atoms with van der Waals surface area (Å²) in [6, 6.07) is 9.16. The molecule has 1 aliphatic carbocycles. The van der Waals surface area contributed by atoms with Gasteiger partial charge in [0.2, 0.25) is 0 Å². The maximum atomic E-state index is 5.90. The Bertz CT molecular complexity index is 536. The molecule has 22 heavy (non-hydrogen) atoms. The van der Waals surface area contributed by atoms with E-state index in [1.807, 2.05) is 28.5 Å². The lowest BCUT2D eigenvalue weighted by Gasteiger charge is -2.19. The van der Waals surface area contributed by atoms with Crippen molar-refractivity contribution in [1.82, 2.24) is 0 Å². The largest absolute Gasteiger partial charge is 0.328 e. The molecule has 2 rings (SSSR count). The molecule has 0 aliphatic heterocycles. The van der Waals surface area contributed by atoms with Crippen LogP contribution in [0.1, 0.15) is 32.3 Å². The molecule has 0 fully saturated rings. The van der Waals surface area contributed by atoms with E-state index in [0.717, 1.165) is 19.3 Å². The summed E-state index contributed by atoms with van der Waals surface area (Å²) in [6.45, 7) is 4.12. The number of hydrogen-bond acceptors (Lipinski definition) is 4. The standard InChI is InChI=1S/C18H26N2S2/c1-13(19)9-15-5-3-7-17(11-15)21-22-18-8-4-6-16(12-18)10-14(2)20/h3-8,11,13-14,18H,9-10,12,19-20H2,1-2H3. The van der Waals surface area contributed by atoms with Gasteiger partial charge in [-0.3, -0.25) is 0 Å². The van der Waals surface area contributed by atoms with Crippen LogP contribution in [0, 0.1) is 0 Å². The number of rotatable bonds is 7. The van der Waals surface area contributed by atoms with Crippen molar-refractivity contribution in [2.45, 2.75) is 55.3 Å². The third-order valence-electron chi connectivity index (χ3n) is 3.43. The van der Waals surface area contributed by atoms with Gasteiger partial charge in [-0.1, -0.05) is 57.5 Å². The van der Waals surface area contributed by atoms with E-state index in [4.69, 9.17) is 11.5 Å². The van der Waals surface area contributed by atoms with Crippen LogP contribution in [0.2, 0.25) is 0 Å². The molecule has 0 saturated heterocycles. The van der Waals surface area contributed by atoms with Crippen LogP contribution >= 0.6 is 21.6 Å². The zero-order valence-corrected chi connectivity index (χ0v) is 15.0. The highest BCUT2D eigenvalue weighted by Gasteiger charge is 2.14. The Morgan fingerprint density at radius 3 is 2.68 bits per heavy atom. The number of hydrogen-bond donors (Lipinski definition) is 2. The van der Waals surface area contributed by atoms with Crippen molar-refractivity contribution in [3.05, 3.63) is 53.6 Å². The first-order valence-corrected chi connectivity index (χ1v) is 10.0. The van der Waals surface area contributed by atoms with E-state index in [-0.39, 0.29) is 12.1 Å². The third kappa shape index (κ3) is 6.21. The minimum atomic E-state index is 0.208. The Hall–Kier alpha value is -0.680. The molecule has 120 valence electrons. The van der Waals surface area contributed by atoms with Crippen LogP contribution in [-0.4, -0.2) is 17.3 Å². The van der Waals surface area contributed by atoms with Crippen molar-refractivity contribution in [3.8, 4) is 0 Å². The lowest BCUT2D eigenvalue weighted by Crippen LogP contribution is -2.17. The molecule has 0 bridgehead atoms. The van der Waals surface area contributed by atoms with Gasteiger partial charge >= 0.3 is 0 Å². The predicted molar refractivity (Wildman–Crippen MR) is 101 cm³/mol. The lowest BCUT2D eigenvalue weighted by molar-refractivity contribution is 0.705. The third-order valence-corrected chi connectivity index (χ3v) is 6.15. The van der Waals surface area contributed by atoms with Gasteiger partial charge in [-0.2, -0.15) is 0 Å². The second-order valence-corrected chi connectivity index (χ2v) is 8.66. The zero-order chi connectivity index (χ0) is 15.9. The molecule has 2 nitrogen and oxygen atoms in total. The summed E-state index contributed by atoms with van der Waals surface area (Å²) in [5, 5.41) is 0.529. The van der Waals surface area contributed by atoms with Gasteiger partial charge in [0, 0.05) is 22.2 Å². The lowest BCUT2D eigenvalue weighted by atomic mass is 9.99. The number of nitrogens with two attached hydrogens (primary N) is 2. The van der Waals surface area contributed by atoms with Gasteiger partial charge < -0.3 is 11.5 Å². The van der Waals surface area contributed by atoms with E-state index in [1.165, 1.54) is 16.0 Å². The molecule has 4 heteroatoms. The van der Waals surface area contributed by atoms with Gasteiger partial charge in [0.1, 0.15) is 0 Å². The van der Waals surface area contributed by atoms with E-state index in [0.29, 0.717) is 5.25 Å². The first-order chi connectivity index (χ1) is 10.5. The van der Waals surface area contributed by atoms with Crippen molar-refractivity contribution in [2.75, 3.05) is 0 Å². The summed E-state index contributed by atoms with van der Waals surface area (Å²) in [5.74, 6) is 0. The molecule has 0 saturated carbocycles. The zero-order valence-electron chi connectivity index (χ0n) is 13.4. The molecule has 4 N–H and O–H groups in total. The Labute approximate surface area is 142 Å². The second-order valence-electron chi connectivity index (χ2n) is 6.14.